The standard InChI is InChI=1S/C13H15NO3S/c1-3-8(4-2)12-14-10(7-18-12)11-5-9(6-17-11)13(15)16/h5-8H,3-4H2,1-2H3,(H,15,16). The number of hydrogen-bond acceptors (Lipinski definition) is 4. The molecule has 0 aliphatic rings. The molecule has 0 radical (unpaired) electrons. The SMILES string of the molecule is CCC(CC)c1nc(-c2cc(C(=O)O)co2)cs1. The lowest BCUT2D eigenvalue weighted by molar-refractivity contribution is 0.0696. The molecule has 0 saturated heterocycles. The topological polar surface area (TPSA) is 63.3 Å². The number of carboxylic acid groups (broad SMARTS) is 1. The third-order valence-electron chi connectivity index (χ3n) is 2.96. The van der Waals surface area contributed by atoms with Gasteiger partial charge in [0.15, 0.2) is 5.76 Å². The second-order valence-corrected chi connectivity index (χ2v) is 4.98. The highest BCUT2D eigenvalue weighted by molar-refractivity contribution is 7.10. The molecule has 4 nitrogen and oxygen atoms in total. The van der Waals surface area contributed by atoms with Crippen LogP contribution >= 0.6 is 11.3 Å². The molecule has 0 unspecified atom stereocenters. The molecule has 2 aromatic heterocycles. The lowest BCUT2D eigenvalue weighted by Gasteiger charge is -2.06. The van der Waals surface area contributed by atoms with E-state index in [2.05, 4.69) is 18.8 Å². The maximum absolute atomic E-state index is 10.8. The van der Waals surface area contributed by atoms with Crippen molar-refractivity contribution in [2.45, 2.75) is 32.6 Å². The number of rotatable bonds is 5. The third kappa shape index (κ3) is 2.46. The number of thiazole rings is 1. The van der Waals surface area contributed by atoms with Gasteiger partial charge in [-0.2, -0.15) is 0 Å². The fourth-order valence-electron chi connectivity index (χ4n) is 1.81. The Kier molecular flexibility index (Phi) is 3.81. The second kappa shape index (κ2) is 5.35. The van der Waals surface area contributed by atoms with E-state index in [0.29, 0.717) is 11.7 Å². The minimum atomic E-state index is -0.986. The average Bonchev–Trinajstić information content (AvgIpc) is 2.98. The van der Waals surface area contributed by atoms with Crippen LogP contribution in [0.2, 0.25) is 0 Å². The lowest BCUT2D eigenvalue weighted by atomic mass is 10.1. The maximum atomic E-state index is 10.8. The highest BCUT2D eigenvalue weighted by Gasteiger charge is 2.15. The van der Waals surface area contributed by atoms with Crippen molar-refractivity contribution in [2.24, 2.45) is 0 Å². The first-order chi connectivity index (χ1) is 8.65. The van der Waals surface area contributed by atoms with E-state index >= 15 is 0 Å². The van der Waals surface area contributed by atoms with Crippen LogP contribution in [0.5, 0.6) is 0 Å². The van der Waals surface area contributed by atoms with Crippen LogP contribution in [0.15, 0.2) is 22.1 Å². The summed E-state index contributed by atoms with van der Waals surface area (Å²) in [6.07, 6.45) is 3.36. The van der Waals surface area contributed by atoms with Crippen LogP contribution < -0.4 is 0 Å². The fraction of sp³-hybridized carbons (Fsp3) is 0.385. The summed E-state index contributed by atoms with van der Waals surface area (Å²) in [5.41, 5.74) is 0.872. The van der Waals surface area contributed by atoms with Crippen molar-refractivity contribution in [3.05, 3.63) is 28.3 Å². The normalized spacial score (nSPS) is 11.1. The molecule has 2 heterocycles. The minimum absolute atomic E-state index is 0.155. The number of aromatic carboxylic acids is 1. The Morgan fingerprint density at radius 2 is 2.22 bits per heavy atom. The van der Waals surface area contributed by atoms with E-state index in [0.717, 1.165) is 23.5 Å². The predicted octanol–water partition coefficient (Wildman–Crippen LogP) is 4.00. The molecule has 0 aliphatic carbocycles. The number of aromatic nitrogens is 1. The smallest absolute Gasteiger partial charge is 0.338 e. The van der Waals surface area contributed by atoms with Gasteiger partial charge in [-0.15, -0.1) is 11.3 Å². The van der Waals surface area contributed by atoms with Crippen LogP contribution in [0.25, 0.3) is 11.5 Å². The molecular formula is C13H15NO3S. The van der Waals surface area contributed by atoms with Crippen LogP contribution in [0.4, 0.5) is 0 Å². The van der Waals surface area contributed by atoms with Gasteiger partial charge in [-0.3, -0.25) is 0 Å². The average molecular weight is 265 g/mol. The summed E-state index contributed by atoms with van der Waals surface area (Å²) in [4.78, 5) is 15.3. The van der Waals surface area contributed by atoms with E-state index < -0.39 is 5.97 Å². The maximum Gasteiger partial charge on any atom is 0.338 e. The second-order valence-electron chi connectivity index (χ2n) is 4.09. The third-order valence-corrected chi connectivity index (χ3v) is 3.96. The Balaban J connectivity index is 2.26. The van der Waals surface area contributed by atoms with Crippen molar-refractivity contribution in [1.82, 2.24) is 4.98 Å². The van der Waals surface area contributed by atoms with Crippen molar-refractivity contribution in [3.8, 4) is 11.5 Å². The summed E-state index contributed by atoms with van der Waals surface area (Å²) in [6.45, 7) is 4.29. The molecule has 0 bridgehead atoms. The zero-order chi connectivity index (χ0) is 13.1. The quantitative estimate of drug-likeness (QED) is 0.887. The van der Waals surface area contributed by atoms with Crippen molar-refractivity contribution in [2.75, 3.05) is 0 Å². The number of nitrogens with zero attached hydrogens (tertiary/aromatic N) is 1. The first-order valence-corrected chi connectivity index (χ1v) is 6.81. The predicted molar refractivity (Wildman–Crippen MR) is 70.1 cm³/mol. The Labute approximate surface area is 109 Å². The molecule has 5 heteroatoms. The summed E-state index contributed by atoms with van der Waals surface area (Å²) in [6, 6.07) is 1.51. The van der Waals surface area contributed by atoms with Gasteiger partial charge in [0.2, 0.25) is 0 Å². The zero-order valence-electron chi connectivity index (χ0n) is 10.3. The fourth-order valence-corrected chi connectivity index (χ4v) is 2.89. The van der Waals surface area contributed by atoms with E-state index in [1.165, 1.54) is 12.3 Å². The van der Waals surface area contributed by atoms with E-state index in [9.17, 15) is 4.79 Å². The van der Waals surface area contributed by atoms with Crippen LogP contribution in [0.3, 0.4) is 0 Å². The molecule has 0 spiro atoms. The molecule has 18 heavy (non-hydrogen) atoms. The van der Waals surface area contributed by atoms with Gasteiger partial charge in [0.1, 0.15) is 12.0 Å². The molecule has 0 fully saturated rings. The monoisotopic (exact) mass is 265 g/mol. The number of furan rings is 1. The molecule has 0 saturated carbocycles. The van der Waals surface area contributed by atoms with Crippen LogP contribution in [0, 0.1) is 0 Å². The summed E-state index contributed by atoms with van der Waals surface area (Å²) in [5.74, 6) is -0.000964. The van der Waals surface area contributed by atoms with E-state index in [1.807, 2.05) is 5.38 Å². The van der Waals surface area contributed by atoms with Crippen LogP contribution in [0.1, 0.15) is 48.0 Å². The molecule has 0 aliphatic heterocycles. The molecule has 2 aromatic rings. The van der Waals surface area contributed by atoms with Gasteiger partial charge in [0.05, 0.1) is 10.6 Å². The summed E-state index contributed by atoms with van der Waals surface area (Å²) >= 11 is 1.60. The molecule has 0 amide bonds. The van der Waals surface area contributed by atoms with Crippen molar-refractivity contribution in [1.29, 1.82) is 0 Å². The Morgan fingerprint density at radius 1 is 1.50 bits per heavy atom. The highest BCUT2D eigenvalue weighted by atomic mass is 32.1. The largest absolute Gasteiger partial charge is 0.478 e. The number of carboxylic acids is 1. The van der Waals surface area contributed by atoms with Gasteiger partial charge >= 0.3 is 5.97 Å². The van der Waals surface area contributed by atoms with Crippen molar-refractivity contribution in [3.63, 3.8) is 0 Å². The highest BCUT2D eigenvalue weighted by Crippen LogP contribution is 2.30. The summed E-state index contributed by atoms with van der Waals surface area (Å²) < 4.78 is 5.24. The zero-order valence-corrected chi connectivity index (χ0v) is 11.2. The van der Waals surface area contributed by atoms with Gasteiger partial charge in [-0.1, -0.05) is 13.8 Å². The first kappa shape index (κ1) is 12.8. The minimum Gasteiger partial charge on any atom is -0.478 e. The van der Waals surface area contributed by atoms with Crippen molar-refractivity contribution >= 4 is 17.3 Å². The lowest BCUT2D eigenvalue weighted by Crippen LogP contribution is -1.94. The molecule has 96 valence electrons. The van der Waals surface area contributed by atoms with E-state index in [-0.39, 0.29) is 5.56 Å². The molecule has 0 atom stereocenters. The van der Waals surface area contributed by atoms with Crippen LogP contribution in [-0.4, -0.2) is 16.1 Å². The molecule has 2 rings (SSSR count). The Hall–Kier alpha value is -1.62. The number of carbonyl (C=O) groups is 1. The van der Waals surface area contributed by atoms with Crippen molar-refractivity contribution < 1.29 is 14.3 Å². The Morgan fingerprint density at radius 3 is 2.78 bits per heavy atom. The van der Waals surface area contributed by atoms with Crippen LogP contribution in [-0.2, 0) is 0 Å². The summed E-state index contributed by atoms with van der Waals surface area (Å²) in [5, 5.41) is 11.8. The molecular weight excluding hydrogens is 250 g/mol. The Bertz CT molecular complexity index is 540. The van der Waals surface area contributed by atoms with E-state index in [4.69, 9.17) is 9.52 Å². The molecule has 1 N–H and O–H groups in total. The summed E-state index contributed by atoms with van der Waals surface area (Å²) in [7, 11) is 0. The van der Waals surface area contributed by atoms with E-state index in [1.54, 1.807) is 11.3 Å². The molecule has 0 aromatic carbocycles. The van der Waals surface area contributed by atoms with Gasteiger partial charge in [-0.25, -0.2) is 9.78 Å². The van der Waals surface area contributed by atoms with Gasteiger partial charge in [0, 0.05) is 17.4 Å². The van der Waals surface area contributed by atoms with Gasteiger partial charge in [-0.05, 0) is 12.8 Å². The van der Waals surface area contributed by atoms with Gasteiger partial charge in [0.25, 0.3) is 0 Å². The first-order valence-electron chi connectivity index (χ1n) is 5.93. The van der Waals surface area contributed by atoms with Gasteiger partial charge < -0.3 is 9.52 Å². The number of hydrogen-bond donors (Lipinski definition) is 1.